The molecule has 0 radical (unpaired) electrons. The second-order valence-electron chi connectivity index (χ2n) is 4.55. The van der Waals surface area contributed by atoms with Crippen LogP contribution in [-0.4, -0.2) is 46.2 Å². The fraction of sp³-hybridized carbons (Fsp3) is 0.417. The number of carbonyl (C=O) groups is 1. The van der Waals surface area contributed by atoms with E-state index in [9.17, 15) is 25.1 Å². The minimum atomic E-state index is -0.869. The molecule has 0 aliphatic carbocycles. The largest absolute Gasteiger partial charge is 0.389 e. The highest BCUT2D eigenvalue weighted by atomic mass is 16.6. The topological polar surface area (TPSA) is 104 Å². The second-order valence-corrected chi connectivity index (χ2v) is 4.55. The summed E-state index contributed by atoms with van der Waals surface area (Å²) in [6.45, 7) is 1.68. The molecule has 102 valence electrons. The van der Waals surface area contributed by atoms with Crippen LogP contribution in [0.3, 0.4) is 0 Å². The standard InChI is InChI=1S/C12H14N2O5/c1-7(15)9-3-2-8(4-10(9)14(18)19)13-5-11(16)12(17)6-13/h2-4,11-12,16-17H,5-6H2,1H3. The lowest BCUT2D eigenvalue weighted by Crippen LogP contribution is -2.22. The van der Waals surface area contributed by atoms with Gasteiger partial charge in [0.1, 0.15) is 0 Å². The van der Waals surface area contributed by atoms with Crippen LogP contribution in [0.5, 0.6) is 0 Å². The van der Waals surface area contributed by atoms with Crippen LogP contribution in [-0.2, 0) is 0 Å². The molecule has 1 aliphatic heterocycles. The average molecular weight is 266 g/mol. The molecule has 0 amide bonds. The first-order valence-corrected chi connectivity index (χ1v) is 5.80. The summed E-state index contributed by atoms with van der Waals surface area (Å²) in [6.07, 6.45) is -1.74. The van der Waals surface area contributed by atoms with Crippen molar-refractivity contribution in [2.24, 2.45) is 0 Å². The number of hydrogen-bond donors (Lipinski definition) is 2. The Hall–Kier alpha value is -1.99. The Morgan fingerprint density at radius 3 is 2.42 bits per heavy atom. The first kappa shape index (κ1) is 13.4. The summed E-state index contributed by atoms with van der Waals surface area (Å²) in [6, 6.07) is 4.27. The van der Waals surface area contributed by atoms with Crippen LogP contribution in [0.25, 0.3) is 0 Å². The van der Waals surface area contributed by atoms with Crippen molar-refractivity contribution in [1.82, 2.24) is 0 Å². The highest BCUT2D eigenvalue weighted by molar-refractivity contribution is 5.98. The van der Waals surface area contributed by atoms with E-state index in [0.717, 1.165) is 0 Å². The molecule has 0 saturated carbocycles. The predicted molar refractivity (Wildman–Crippen MR) is 67.3 cm³/mol. The maximum absolute atomic E-state index is 11.3. The van der Waals surface area contributed by atoms with Gasteiger partial charge in [0.05, 0.1) is 22.7 Å². The monoisotopic (exact) mass is 266 g/mol. The van der Waals surface area contributed by atoms with E-state index < -0.39 is 17.1 Å². The number of benzene rings is 1. The van der Waals surface area contributed by atoms with Gasteiger partial charge in [-0.25, -0.2) is 0 Å². The molecule has 2 N–H and O–H groups in total. The fourth-order valence-electron chi connectivity index (χ4n) is 2.15. The summed E-state index contributed by atoms with van der Waals surface area (Å²) < 4.78 is 0. The van der Waals surface area contributed by atoms with Gasteiger partial charge in [-0.15, -0.1) is 0 Å². The van der Waals surface area contributed by atoms with E-state index in [-0.39, 0.29) is 30.1 Å². The Morgan fingerprint density at radius 1 is 1.37 bits per heavy atom. The molecule has 7 heteroatoms. The van der Waals surface area contributed by atoms with E-state index in [4.69, 9.17) is 0 Å². The smallest absolute Gasteiger partial charge is 0.282 e. The number of carbonyl (C=O) groups excluding carboxylic acids is 1. The van der Waals surface area contributed by atoms with E-state index in [2.05, 4.69) is 0 Å². The summed E-state index contributed by atoms with van der Waals surface area (Å²) in [5.74, 6) is -0.375. The molecule has 1 aromatic carbocycles. The average Bonchev–Trinajstić information content (AvgIpc) is 2.68. The molecule has 1 aliphatic rings. The number of Topliss-reactive ketones (excluding diaryl/α,β-unsaturated/α-hetero) is 1. The van der Waals surface area contributed by atoms with Crippen LogP contribution in [0.15, 0.2) is 18.2 Å². The van der Waals surface area contributed by atoms with Gasteiger partial charge < -0.3 is 15.1 Å². The van der Waals surface area contributed by atoms with Gasteiger partial charge in [-0.1, -0.05) is 0 Å². The van der Waals surface area contributed by atoms with Crippen molar-refractivity contribution in [3.8, 4) is 0 Å². The van der Waals surface area contributed by atoms with Gasteiger partial charge in [-0.3, -0.25) is 14.9 Å². The lowest BCUT2D eigenvalue weighted by molar-refractivity contribution is -0.385. The maximum atomic E-state index is 11.3. The number of anilines is 1. The van der Waals surface area contributed by atoms with Gasteiger partial charge in [0.25, 0.3) is 5.69 Å². The van der Waals surface area contributed by atoms with Crippen molar-refractivity contribution in [3.05, 3.63) is 33.9 Å². The molecular weight excluding hydrogens is 252 g/mol. The third kappa shape index (κ3) is 2.56. The van der Waals surface area contributed by atoms with Gasteiger partial charge in [-0.05, 0) is 19.1 Å². The minimum absolute atomic E-state index is 0.0500. The number of β-amino-alcohol motifs (C(OH)–C–C–N with tert-alkyl or cyclic N) is 2. The van der Waals surface area contributed by atoms with Crippen molar-refractivity contribution >= 4 is 17.2 Å². The van der Waals surface area contributed by atoms with E-state index >= 15 is 0 Å². The SMILES string of the molecule is CC(=O)c1ccc(N2CC(O)C(O)C2)cc1[N+](=O)[O-]. The third-order valence-corrected chi connectivity index (χ3v) is 3.18. The number of nitro benzene ring substituents is 1. The minimum Gasteiger partial charge on any atom is -0.389 e. The van der Waals surface area contributed by atoms with Crippen molar-refractivity contribution in [2.45, 2.75) is 19.1 Å². The van der Waals surface area contributed by atoms with Crippen LogP contribution >= 0.6 is 0 Å². The number of nitrogens with zero attached hydrogens (tertiary/aromatic N) is 2. The van der Waals surface area contributed by atoms with Gasteiger partial charge in [0.15, 0.2) is 5.78 Å². The van der Waals surface area contributed by atoms with E-state index in [1.165, 1.54) is 19.1 Å². The number of nitro groups is 1. The molecule has 2 atom stereocenters. The summed E-state index contributed by atoms with van der Waals surface area (Å²) >= 11 is 0. The van der Waals surface area contributed by atoms with Crippen molar-refractivity contribution < 1.29 is 19.9 Å². The number of hydrogen-bond acceptors (Lipinski definition) is 6. The summed E-state index contributed by atoms with van der Waals surface area (Å²) in [4.78, 5) is 23.3. The fourth-order valence-corrected chi connectivity index (χ4v) is 2.15. The first-order chi connectivity index (χ1) is 8.90. The van der Waals surface area contributed by atoms with Crippen LogP contribution in [0.1, 0.15) is 17.3 Å². The number of aliphatic hydroxyl groups excluding tert-OH is 2. The summed E-state index contributed by atoms with van der Waals surface area (Å²) in [5, 5.41) is 29.9. The lowest BCUT2D eigenvalue weighted by Gasteiger charge is -2.17. The Bertz CT molecular complexity index is 521. The van der Waals surface area contributed by atoms with Gasteiger partial charge in [-0.2, -0.15) is 0 Å². The Labute approximate surface area is 109 Å². The Morgan fingerprint density at radius 2 is 1.95 bits per heavy atom. The normalized spacial score (nSPS) is 22.6. The second kappa shape index (κ2) is 4.94. The molecule has 2 unspecified atom stereocenters. The van der Waals surface area contributed by atoms with Gasteiger partial charge in [0.2, 0.25) is 0 Å². The quantitative estimate of drug-likeness (QED) is 0.464. The van der Waals surface area contributed by atoms with Crippen LogP contribution in [0, 0.1) is 10.1 Å². The van der Waals surface area contributed by atoms with E-state index in [0.29, 0.717) is 5.69 Å². The molecule has 0 aromatic heterocycles. The van der Waals surface area contributed by atoms with E-state index in [1.807, 2.05) is 0 Å². The number of ketones is 1. The van der Waals surface area contributed by atoms with E-state index in [1.54, 1.807) is 11.0 Å². The molecule has 1 aromatic rings. The Kier molecular flexibility index (Phi) is 3.50. The third-order valence-electron chi connectivity index (χ3n) is 3.18. The van der Waals surface area contributed by atoms with Gasteiger partial charge in [0, 0.05) is 24.8 Å². The molecule has 0 spiro atoms. The zero-order chi connectivity index (χ0) is 14.2. The zero-order valence-electron chi connectivity index (χ0n) is 10.3. The molecule has 2 rings (SSSR count). The number of rotatable bonds is 3. The van der Waals surface area contributed by atoms with Crippen LogP contribution in [0.2, 0.25) is 0 Å². The van der Waals surface area contributed by atoms with Crippen LogP contribution in [0.4, 0.5) is 11.4 Å². The highest BCUT2D eigenvalue weighted by Crippen LogP contribution is 2.28. The highest BCUT2D eigenvalue weighted by Gasteiger charge is 2.31. The van der Waals surface area contributed by atoms with Crippen molar-refractivity contribution in [2.75, 3.05) is 18.0 Å². The lowest BCUT2D eigenvalue weighted by atomic mass is 10.1. The predicted octanol–water partition coefficient (Wildman–Crippen LogP) is 0.339. The van der Waals surface area contributed by atoms with Crippen LogP contribution < -0.4 is 4.90 Å². The Balaban J connectivity index is 2.36. The molecule has 1 saturated heterocycles. The molecule has 19 heavy (non-hydrogen) atoms. The summed E-state index contributed by atoms with van der Waals surface area (Å²) in [7, 11) is 0. The zero-order valence-corrected chi connectivity index (χ0v) is 10.3. The molecule has 7 nitrogen and oxygen atoms in total. The first-order valence-electron chi connectivity index (χ1n) is 5.80. The summed E-state index contributed by atoms with van der Waals surface area (Å²) in [5.41, 5.74) is 0.294. The molecule has 0 bridgehead atoms. The molecule has 1 heterocycles. The molecular formula is C12H14N2O5. The maximum Gasteiger partial charge on any atom is 0.282 e. The van der Waals surface area contributed by atoms with Crippen molar-refractivity contribution in [3.63, 3.8) is 0 Å². The number of aliphatic hydroxyl groups is 2. The van der Waals surface area contributed by atoms with Crippen molar-refractivity contribution in [1.29, 1.82) is 0 Å². The van der Waals surface area contributed by atoms with Gasteiger partial charge >= 0.3 is 0 Å². The molecule has 1 fully saturated rings.